The quantitative estimate of drug-likeness (QED) is 0.456. The van der Waals surface area contributed by atoms with Crippen LogP contribution in [0.1, 0.15) is 5.56 Å². The van der Waals surface area contributed by atoms with Gasteiger partial charge in [0.15, 0.2) is 0 Å². The molecule has 0 spiro atoms. The molecule has 8 heteroatoms. The number of anilines is 1. The van der Waals surface area contributed by atoms with Crippen LogP contribution in [0.2, 0.25) is 0 Å². The number of nitro benzene ring substituents is 1. The number of hydrogen-bond donors (Lipinski definition) is 0. The van der Waals surface area contributed by atoms with E-state index in [-0.39, 0.29) is 5.69 Å². The molecule has 2 aromatic rings. The van der Waals surface area contributed by atoms with Crippen LogP contribution in [-0.4, -0.2) is 25.8 Å². The second-order valence-corrected chi connectivity index (χ2v) is 7.62. The molecule has 0 N–H and O–H groups in total. The number of ether oxygens (including phenoxy) is 1. The van der Waals surface area contributed by atoms with Crippen molar-refractivity contribution in [2.24, 2.45) is 0 Å². The van der Waals surface area contributed by atoms with Crippen molar-refractivity contribution in [3.8, 4) is 5.75 Å². The van der Waals surface area contributed by atoms with E-state index in [0.29, 0.717) is 22.6 Å². The summed E-state index contributed by atoms with van der Waals surface area (Å²) in [6.07, 6.45) is 3.41. The Morgan fingerprint density at radius 2 is 2.00 bits per heavy atom. The van der Waals surface area contributed by atoms with Crippen LogP contribution < -0.4 is 9.04 Å². The number of fused-ring (bicyclic) bond motifs is 1. The number of para-hydroxylation sites is 2. The molecule has 0 amide bonds. The van der Waals surface area contributed by atoms with Gasteiger partial charge in [0.1, 0.15) is 5.75 Å². The zero-order valence-electron chi connectivity index (χ0n) is 13.9. The minimum Gasteiger partial charge on any atom is -0.463 e. The summed E-state index contributed by atoms with van der Waals surface area (Å²) < 4.78 is 31.3. The summed E-state index contributed by atoms with van der Waals surface area (Å²) in [4.78, 5) is 10.4. The van der Waals surface area contributed by atoms with E-state index in [9.17, 15) is 18.5 Å². The molecule has 0 bridgehead atoms. The fraction of sp³-hybridized carbons (Fsp3) is 0.111. The first-order chi connectivity index (χ1) is 12.3. The van der Waals surface area contributed by atoms with E-state index in [1.54, 1.807) is 48.6 Å². The fourth-order valence-electron chi connectivity index (χ4n) is 2.64. The second kappa shape index (κ2) is 6.64. The van der Waals surface area contributed by atoms with Crippen LogP contribution in [0, 0.1) is 10.1 Å². The van der Waals surface area contributed by atoms with Crippen molar-refractivity contribution >= 4 is 27.5 Å². The number of sulfonamides is 1. The topological polar surface area (TPSA) is 89.8 Å². The molecule has 7 nitrogen and oxygen atoms in total. The lowest BCUT2D eigenvalue weighted by Gasteiger charge is -2.23. The first kappa shape index (κ1) is 17.7. The molecular weight excluding hydrogens is 356 g/mol. The smallest absolute Gasteiger partial charge is 0.270 e. The maximum atomic E-state index is 12.2. The second-order valence-electron chi connectivity index (χ2n) is 5.76. The van der Waals surface area contributed by atoms with Gasteiger partial charge in [0, 0.05) is 17.7 Å². The molecular formula is C18H16N2O5S. The molecule has 0 saturated carbocycles. The molecule has 1 aliphatic rings. The molecule has 134 valence electrons. The zero-order chi connectivity index (χ0) is 18.9. The number of nitrogens with zero attached hydrogens (tertiary/aromatic N) is 2. The highest BCUT2D eigenvalue weighted by Crippen LogP contribution is 2.40. The SMILES string of the molecule is C=C(/C=C/c1cccc([N+](=O)[O-])c1)C1Oc2ccccc2N1S(C)(=O)=O. The van der Waals surface area contributed by atoms with E-state index in [2.05, 4.69) is 6.58 Å². The number of benzene rings is 2. The Bertz CT molecular complexity index is 1010. The number of nitro groups is 1. The fourth-order valence-corrected chi connectivity index (χ4v) is 3.67. The van der Waals surface area contributed by atoms with Crippen molar-refractivity contribution in [3.63, 3.8) is 0 Å². The van der Waals surface area contributed by atoms with Crippen molar-refractivity contribution in [2.75, 3.05) is 10.6 Å². The van der Waals surface area contributed by atoms with E-state index in [1.165, 1.54) is 16.4 Å². The molecule has 0 aromatic heterocycles. The van der Waals surface area contributed by atoms with E-state index >= 15 is 0 Å². The Labute approximate surface area is 151 Å². The molecule has 1 atom stereocenters. The maximum Gasteiger partial charge on any atom is 0.270 e. The first-order valence-electron chi connectivity index (χ1n) is 7.64. The van der Waals surface area contributed by atoms with Gasteiger partial charge in [0.2, 0.25) is 16.3 Å². The summed E-state index contributed by atoms with van der Waals surface area (Å²) in [5.41, 5.74) is 1.42. The monoisotopic (exact) mass is 372 g/mol. The molecule has 26 heavy (non-hydrogen) atoms. The summed E-state index contributed by atoms with van der Waals surface area (Å²) in [6.45, 7) is 3.90. The predicted octanol–water partition coefficient (Wildman–Crippen LogP) is 3.35. The highest BCUT2D eigenvalue weighted by atomic mass is 32.2. The summed E-state index contributed by atoms with van der Waals surface area (Å²) in [6, 6.07) is 12.9. The van der Waals surface area contributed by atoms with Crippen molar-refractivity contribution in [1.29, 1.82) is 0 Å². The van der Waals surface area contributed by atoms with Gasteiger partial charge >= 0.3 is 0 Å². The molecule has 1 unspecified atom stereocenters. The standard InChI is InChI=1S/C18H16N2O5S/c1-13(10-11-14-6-5-7-15(12-14)20(21)22)18-19(26(2,23)24)16-8-3-4-9-17(16)25-18/h3-12,18H,1H2,2H3/b11-10+. The largest absolute Gasteiger partial charge is 0.463 e. The Hall–Kier alpha value is -3.13. The molecule has 0 saturated heterocycles. The van der Waals surface area contributed by atoms with Crippen LogP contribution in [-0.2, 0) is 10.0 Å². The van der Waals surface area contributed by atoms with Gasteiger partial charge in [-0.2, -0.15) is 0 Å². The number of hydrogen-bond acceptors (Lipinski definition) is 5. The predicted molar refractivity (Wildman–Crippen MR) is 99.5 cm³/mol. The summed E-state index contributed by atoms with van der Waals surface area (Å²) >= 11 is 0. The van der Waals surface area contributed by atoms with Crippen molar-refractivity contribution in [3.05, 3.63) is 82.4 Å². The average molecular weight is 372 g/mol. The lowest BCUT2D eigenvalue weighted by atomic mass is 10.1. The highest BCUT2D eigenvalue weighted by molar-refractivity contribution is 7.92. The van der Waals surface area contributed by atoms with Gasteiger partial charge in [-0.25, -0.2) is 12.7 Å². The molecule has 0 aliphatic carbocycles. The van der Waals surface area contributed by atoms with Gasteiger partial charge in [-0.05, 0) is 17.7 Å². The molecule has 1 aliphatic heterocycles. The Morgan fingerprint density at radius 3 is 2.69 bits per heavy atom. The van der Waals surface area contributed by atoms with Crippen LogP contribution in [0.5, 0.6) is 5.75 Å². The number of non-ortho nitro benzene ring substituents is 1. The van der Waals surface area contributed by atoms with Crippen molar-refractivity contribution in [1.82, 2.24) is 0 Å². The Morgan fingerprint density at radius 1 is 1.27 bits per heavy atom. The van der Waals surface area contributed by atoms with Gasteiger partial charge in [-0.3, -0.25) is 10.1 Å². The Balaban J connectivity index is 1.88. The maximum absolute atomic E-state index is 12.2. The third-order valence-corrected chi connectivity index (χ3v) is 4.90. The average Bonchev–Trinajstić information content (AvgIpc) is 2.99. The number of rotatable bonds is 5. The van der Waals surface area contributed by atoms with Crippen molar-refractivity contribution < 1.29 is 18.1 Å². The van der Waals surface area contributed by atoms with Gasteiger partial charge in [0.05, 0.1) is 16.9 Å². The molecule has 3 rings (SSSR count). The van der Waals surface area contributed by atoms with Crippen LogP contribution in [0.3, 0.4) is 0 Å². The van der Waals surface area contributed by atoms with E-state index < -0.39 is 21.2 Å². The third kappa shape index (κ3) is 3.45. The minimum atomic E-state index is -3.59. The summed E-state index contributed by atoms with van der Waals surface area (Å²) in [5, 5.41) is 10.9. The molecule has 0 fully saturated rings. The van der Waals surface area contributed by atoms with E-state index in [4.69, 9.17) is 4.74 Å². The summed E-state index contributed by atoms with van der Waals surface area (Å²) in [7, 11) is -3.59. The minimum absolute atomic E-state index is 0.0277. The van der Waals surface area contributed by atoms with Crippen LogP contribution in [0.25, 0.3) is 6.08 Å². The normalized spacial score (nSPS) is 16.3. The molecule has 0 radical (unpaired) electrons. The third-order valence-electron chi connectivity index (χ3n) is 3.80. The van der Waals surface area contributed by atoms with Gasteiger partial charge in [0.25, 0.3) is 5.69 Å². The molecule has 1 heterocycles. The first-order valence-corrected chi connectivity index (χ1v) is 9.48. The van der Waals surface area contributed by atoms with E-state index in [0.717, 1.165) is 6.26 Å². The van der Waals surface area contributed by atoms with Crippen LogP contribution in [0.15, 0.2) is 66.8 Å². The van der Waals surface area contributed by atoms with Crippen molar-refractivity contribution in [2.45, 2.75) is 6.23 Å². The van der Waals surface area contributed by atoms with Gasteiger partial charge in [-0.1, -0.05) is 43.0 Å². The van der Waals surface area contributed by atoms with Gasteiger partial charge < -0.3 is 4.74 Å². The van der Waals surface area contributed by atoms with Crippen LogP contribution in [0.4, 0.5) is 11.4 Å². The molecule has 2 aromatic carbocycles. The van der Waals surface area contributed by atoms with Gasteiger partial charge in [-0.15, -0.1) is 0 Å². The Kier molecular flexibility index (Phi) is 4.52. The summed E-state index contributed by atoms with van der Waals surface area (Å²) in [5.74, 6) is 0.452. The lowest BCUT2D eigenvalue weighted by Crippen LogP contribution is -2.39. The van der Waals surface area contributed by atoms with Crippen LogP contribution >= 0.6 is 0 Å². The zero-order valence-corrected chi connectivity index (χ0v) is 14.7. The highest BCUT2D eigenvalue weighted by Gasteiger charge is 2.37. The lowest BCUT2D eigenvalue weighted by molar-refractivity contribution is -0.384. The van der Waals surface area contributed by atoms with E-state index in [1.807, 2.05) is 0 Å².